The van der Waals surface area contributed by atoms with Gasteiger partial charge in [0.25, 0.3) is 0 Å². The minimum Gasteiger partial charge on any atom is -0.748 e. The Balaban J connectivity index is -0.000000160. The van der Waals surface area contributed by atoms with E-state index in [4.69, 9.17) is 0 Å². The first-order valence-electron chi connectivity index (χ1n) is 4.15. The van der Waals surface area contributed by atoms with Crippen molar-refractivity contribution < 1.29 is 26.2 Å². The van der Waals surface area contributed by atoms with Crippen molar-refractivity contribution in [3.8, 4) is 0 Å². The summed E-state index contributed by atoms with van der Waals surface area (Å²) in [6.07, 6.45) is 0. The smallest absolute Gasteiger partial charge is 0 e. The average Bonchev–Trinajstić information content (AvgIpc) is 2.63. The first-order valence-corrected chi connectivity index (χ1v) is 4.15. The molecule has 0 aliphatic rings. The fourth-order valence-corrected chi connectivity index (χ4v) is 0.940. The molecule has 0 saturated carbocycles. The molecule has 0 N–H and O–H groups in total. The van der Waals surface area contributed by atoms with Crippen LogP contribution in [0.5, 0.6) is 0 Å². The monoisotopic (exact) mass is 320 g/mol. The Kier molecular flexibility index (Phi) is 16.8. The summed E-state index contributed by atoms with van der Waals surface area (Å²) in [5, 5.41) is 0. The van der Waals surface area contributed by atoms with Gasteiger partial charge in [0.05, 0.1) is 0 Å². The topological polar surface area (TPSA) is 0 Å². The van der Waals surface area contributed by atoms with Crippen LogP contribution in [0, 0.1) is 13.8 Å². The Hall–Kier alpha value is 0.163. The molecule has 0 bridgehead atoms. The summed E-state index contributed by atoms with van der Waals surface area (Å²) in [4.78, 5) is 0. The van der Waals surface area contributed by atoms with E-state index in [0.717, 1.165) is 0 Å². The molecular formula is C12H16Cl2Zr-6. The first kappa shape index (κ1) is 20.6. The Bertz CT molecular complexity index is 253. The fraction of sp³-hybridized carbons (Fsp3) is 0.167. The molecule has 2 aromatic carbocycles. The van der Waals surface area contributed by atoms with Gasteiger partial charge in [0.1, 0.15) is 0 Å². The summed E-state index contributed by atoms with van der Waals surface area (Å²) >= 11 is 0. The van der Waals surface area contributed by atoms with Gasteiger partial charge < -0.3 is 29.8 Å². The van der Waals surface area contributed by atoms with E-state index in [0.29, 0.717) is 0 Å². The maximum atomic E-state index is 2.08. The van der Waals surface area contributed by atoms with E-state index in [1.807, 2.05) is 24.3 Å². The van der Waals surface area contributed by atoms with Crippen LogP contribution in [0.1, 0.15) is 11.1 Å². The zero-order chi connectivity index (χ0) is 8.81. The van der Waals surface area contributed by atoms with E-state index >= 15 is 0 Å². The van der Waals surface area contributed by atoms with Crippen LogP contribution in [-0.2, 0) is 26.2 Å². The van der Waals surface area contributed by atoms with Crippen LogP contribution in [-0.4, -0.2) is 0 Å². The van der Waals surface area contributed by atoms with Crippen molar-refractivity contribution in [3.63, 3.8) is 0 Å². The van der Waals surface area contributed by atoms with Gasteiger partial charge >= 0.3 is 0 Å². The summed E-state index contributed by atoms with van der Waals surface area (Å²) in [7, 11) is 0. The van der Waals surface area contributed by atoms with E-state index < -0.39 is 0 Å². The van der Waals surface area contributed by atoms with Crippen molar-refractivity contribution in [2.24, 2.45) is 0 Å². The summed E-state index contributed by atoms with van der Waals surface area (Å²) < 4.78 is 0. The Morgan fingerprint density at radius 3 is 1.40 bits per heavy atom. The van der Waals surface area contributed by atoms with Crippen LogP contribution in [0.25, 0.3) is 0 Å². The molecule has 0 fully saturated rings. The van der Waals surface area contributed by atoms with Crippen molar-refractivity contribution in [2.45, 2.75) is 13.8 Å². The third-order valence-electron chi connectivity index (χ3n) is 1.66. The fourth-order valence-electron chi connectivity index (χ4n) is 0.940. The van der Waals surface area contributed by atoms with Crippen molar-refractivity contribution >= 4 is 24.8 Å². The van der Waals surface area contributed by atoms with Gasteiger partial charge in [0.15, 0.2) is 0 Å². The standard InChI is InChI=1S/2C6H7.2ClH.Zr/c2*1-6-4-2-3-5-6;;;/h2*2-5H,1H3;2*1H;/q-5;-1;;;. The third-order valence-corrected chi connectivity index (χ3v) is 1.66. The van der Waals surface area contributed by atoms with Gasteiger partial charge in [0, 0.05) is 26.2 Å². The molecule has 0 atom stereocenters. The molecule has 2 rings (SSSR count). The number of hydrogen-bond acceptors (Lipinski definition) is 0. The van der Waals surface area contributed by atoms with E-state index in [2.05, 4.69) is 38.1 Å². The second-order valence-electron chi connectivity index (χ2n) is 2.92. The van der Waals surface area contributed by atoms with Gasteiger partial charge in [-0.15, -0.1) is 24.8 Å². The minimum atomic E-state index is 0. The molecule has 0 unspecified atom stereocenters. The SMILES string of the molecule is C[c-]1[cH-][cH-][cH-][cH-]1.C[c-]1cccc1.Cl.Cl.[Zr]. The molecule has 0 heterocycles. The van der Waals surface area contributed by atoms with Crippen molar-refractivity contribution in [1.82, 2.24) is 0 Å². The molecule has 0 aliphatic carbocycles. The average molecular weight is 322 g/mol. The molecule has 0 spiro atoms. The van der Waals surface area contributed by atoms with Crippen molar-refractivity contribution in [2.75, 3.05) is 0 Å². The van der Waals surface area contributed by atoms with Crippen LogP contribution < -0.4 is 0 Å². The zero-order valence-electron chi connectivity index (χ0n) is 8.94. The zero-order valence-corrected chi connectivity index (χ0v) is 13.0. The second kappa shape index (κ2) is 12.2. The van der Waals surface area contributed by atoms with Crippen LogP contribution in [0.2, 0.25) is 0 Å². The summed E-state index contributed by atoms with van der Waals surface area (Å²) in [6, 6.07) is 16.5. The number of hydrogen-bond donors (Lipinski definition) is 0. The van der Waals surface area contributed by atoms with Gasteiger partial charge in [-0.2, -0.15) is 17.7 Å². The molecule has 0 nitrogen and oxygen atoms in total. The summed E-state index contributed by atoms with van der Waals surface area (Å²) in [5.41, 5.74) is 2.69. The van der Waals surface area contributed by atoms with E-state index in [-0.39, 0.29) is 51.0 Å². The molecule has 0 radical (unpaired) electrons. The predicted octanol–water partition coefficient (Wildman–Crippen LogP) is 4.27. The van der Waals surface area contributed by atoms with Crippen LogP contribution in [0.3, 0.4) is 0 Å². The summed E-state index contributed by atoms with van der Waals surface area (Å²) in [6.45, 7) is 4.17. The van der Waals surface area contributed by atoms with Gasteiger partial charge in [0.2, 0.25) is 0 Å². The number of aryl methyl sites for hydroxylation is 2. The molecular weight excluding hydrogens is 306 g/mol. The molecule has 3 heteroatoms. The maximum absolute atomic E-state index is 2.08. The van der Waals surface area contributed by atoms with Gasteiger partial charge in [-0.1, -0.05) is 6.92 Å². The summed E-state index contributed by atoms with van der Waals surface area (Å²) in [5.74, 6) is 0. The molecule has 15 heavy (non-hydrogen) atoms. The first-order chi connectivity index (χ1) is 5.79. The number of halogens is 2. The quantitative estimate of drug-likeness (QED) is 0.636. The Labute approximate surface area is 124 Å². The van der Waals surface area contributed by atoms with Crippen molar-refractivity contribution in [3.05, 3.63) is 59.7 Å². The van der Waals surface area contributed by atoms with Crippen LogP contribution >= 0.6 is 24.8 Å². The largest absolute Gasteiger partial charge is 0.748 e. The van der Waals surface area contributed by atoms with Crippen LogP contribution in [0.4, 0.5) is 0 Å². The van der Waals surface area contributed by atoms with Gasteiger partial charge in [-0.25, -0.2) is 19.1 Å². The van der Waals surface area contributed by atoms with E-state index in [1.165, 1.54) is 11.1 Å². The molecule has 0 saturated heterocycles. The second-order valence-corrected chi connectivity index (χ2v) is 2.92. The van der Waals surface area contributed by atoms with Gasteiger partial charge in [-0.05, 0) is 0 Å². The molecule has 0 aliphatic heterocycles. The van der Waals surface area contributed by atoms with E-state index in [1.54, 1.807) is 0 Å². The normalized spacial score (nSPS) is 7.07. The minimum absolute atomic E-state index is 0. The van der Waals surface area contributed by atoms with Crippen molar-refractivity contribution in [1.29, 1.82) is 0 Å². The van der Waals surface area contributed by atoms with Crippen LogP contribution in [0.15, 0.2) is 48.5 Å². The maximum Gasteiger partial charge on any atom is 0 e. The van der Waals surface area contributed by atoms with Gasteiger partial charge in [-0.3, -0.25) is 0 Å². The number of rotatable bonds is 0. The molecule has 0 amide bonds. The van der Waals surface area contributed by atoms with E-state index in [9.17, 15) is 0 Å². The molecule has 2 aromatic rings. The Morgan fingerprint density at radius 1 is 0.867 bits per heavy atom. The Morgan fingerprint density at radius 2 is 1.27 bits per heavy atom. The third kappa shape index (κ3) is 10.4. The molecule has 0 aromatic heterocycles. The predicted molar refractivity (Wildman–Crippen MR) is 68.0 cm³/mol. The molecule has 88 valence electrons.